The van der Waals surface area contributed by atoms with Crippen LogP contribution in [0.5, 0.6) is 0 Å². The van der Waals surface area contributed by atoms with E-state index in [-0.39, 0.29) is 11.5 Å². The number of benzene rings is 1. The lowest BCUT2D eigenvalue weighted by Crippen LogP contribution is -2.47. The molecule has 4 rings (SSSR count). The lowest BCUT2D eigenvalue weighted by atomic mass is 9.72. The minimum atomic E-state index is -1.01. The maximum atomic E-state index is 13.2. The summed E-state index contributed by atoms with van der Waals surface area (Å²) in [5.74, 6) is -0.255. The van der Waals surface area contributed by atoms with Gasteiger partial charge in [-0.2, -0.15) is 0 Å². The van der Waals surface area contributed by atoms with E-state index in [1.165, 1.54) is 23.1 Å². The van der Waals surface area contributed by atoms with E-state index in [2.05, 4.69) is 0 Å². The van der Waals surface area contributed by atoms with Crippen molar-refractivity contribution in [3.63, 3.8) is 0 Å². The Morgan fingerprint density at radius 1 is 1.53 bits per heavy atom. The van der Waals surface area contributed by atoms with Gasteiger partial charge in [0, 0.05) is 5.54 Å². The number of fused-ring (bicyclic) bond motifs is 1. The highest BCUT2D eigenvalue weighted by atomic mass is 19.1. The Kier molecular flexibility index (Phi) is 2.57. The molecule has 3 fully saturated rings. The van der Waals surface area contributed by atoms with Crippen molar-refractivity contribution in [1.29, 1.82) is 0 Å². The molecule has 1 amide bonds. The Balaban J connectivity index is 1.92. The van der Waals surface area contributed by atoms with E-state index in [0.717, 1.165) is 12.8 Å². The molecule has 19 heavy (non-hydrogen) atoms. The molecule has 4 nitrogen and oxygen atoms in total. The van der Waals surface area contributed by atoms with E-state index in [4.69, 9.17) is 0 Å². The van der Waals surface area contributed by atoms with Crippen molar-refractivity contribution in [1.82, 2.24) is 4.90 Å². The number of hydrogen-bond acceptors (Lipinski definition) is 2. The zero-order valence-electron chi connectivity index (χ0n) is 10.6. The zero-order valence-corrected chi connectivity index (χ0v) is 10.6. The van der Waals surface area contributed by atoms with Crippen LogP contribution in [0.1, 0.15) is 31.4 Å². The standard InChI is InChI=1S/C14H16FNO3/c1-14-6-9(7-14)11(16(14)13(18)19)12(17)8-3-2-4-10(15)5-8/h2-5,9,11-12,17H,6-7H2,1H3,(H,18,19)/t9?,11-,12?,14?/m0/s1. The number of aliphatic hydroxyl groups excluding tert-OH is 1. The van der Waals surface area contributed by atoms with Gasteiger partial charge >= 0.3 is 6.09 Å². The molecule has 1 saturated carbocycles. The largest absolute Gasteiger partial charge is 0.465 e. The molecule has 1 aromatic rings. The van der Waals surface area contributed by atoms with E-state index in [1.54, 1.807) is 6.07 Å². The minimum absolute atomic E-state index is 0.166. The Morgan fingerprint density at radius 2 is 2.21 bits per heavy atom. The van der Waals surface area contributed by atoms with Crippen molar-refractivity contribution in [2.45, 2.75) is 37.5 Å². The molecule has 0 radical (unpaired) electrons. The van der Waals surface area contributed by atoms with Crippen LogP contribution in [-0.2, 0) is 0 Å². The molecule has 2 N–H and O–H groups in total. The molecule has 2 heterocycles. The van der Waals surface area contributed by atoms with Crippen LogP contribution in [0, 0.1) is 11.7 Å². The summed E-state index contributed by atoms with van der Waals surface area (Å²) < 4.78 is 13.2. The summed E-state index contributed by atoms with van der Waals surface area (Å²) in [5, 5.41) is 19.7. The number of aliphatic hydroxyl groups is 1. The van der Waals surface area contributed by atoms with Crippen LogP contribution in [0.2, 0.25) is 0 Å². The molecule has 1 aliphatic carbocycles. The highest BCUT2D eigenvalue weighted by Gasteiger charge is 2.62. The first-order chi connectivity index (χ1) is 8.92. The van der Waals surface area contributed by atoms with Gasteiger partial charge in [0.05, 0.1) is 12.1 Å². The Morgan fingerprint density at radius 3 is 2.79 bits per heavy atom. The molecule has 3 aliphatic rings. The maximum Gasteiger partial charge on any atom is 0.408 e. The van der Waals surface area contributed by atoms with Gasteiger partial charge in [-0.05, 0) is 43.4 Å². The third-order valence-corrected chi connectivity index (χ3v) is 4.49. The summed E-state index contributed by atoms with van der Waals surface area (Å²) in [6.45, 7) is 1.90. The van der Waals surface area contributed by atoms with Crippen LogP contribution in [0.3, 0.4) is 0 Å². The van der Waals surface area contributed by atoms with Crippen LogP contribution in [0.25, 0.3) is 0 Å². The van der Waals surface area contributed by atoms with E-state index >= 15 is 0 Å². The molecule has 0 spiro atoms. The predicted octanol–water partition coefficient (Wildman–Crippen LogP) is 2.39. The molecule has 0 aromatic heterocycles. The Hall–Kier alpha value is -1.62. The molecular weight excluding hydrogens is 249 g/mol. The first-order valence-corrected chi connectivity index (χ1v) is 6.38. The van der Waals surface area contributed by atoms with Crippen molar-refractivity contribution in [3.8, 4) is 0 Å². The molecule has 2 saturated heterocycles. The number of amides is 1. The van der Waals surface area contributed by atoms with E-state index in [1.807, 2.05) is 6.92 Å². The molecule has 1 aromatic carbocycles. The molecule has 2 bridgehead atoms. The van der Waals surface area contributed by atoms with Crippen LogP contribution < -0.4 is 0 Å². The molecule has 102 valence electrons. The second-order valence-electron chi connectivity index (χ2n) is 5.81. The smallest absolute Gasteiger partial charge is 0.408 e. The van der Waals surface area contributed by atoms with Gasteiger partial charge in [-0.25, -0.2) is 9.18 Å². The summed E-state index contributed by atoms with van der Waals surface area (Å²) in [7, 11) is 0. The summed E-state index contributed by atoms with van der Waals surface area (Å²) in [6, 6.07) is 5.26. The maximum absolute atomic E-state index is 13.2. The summed E-state index contributed by atoms with van der Waals surface area (Å²) >= 11 is 0. The molecule has 2 atom stereocenters. The quantitative estimate of drug-likeness (QED) is 0.863. The van der Waals surface area contributed by atoms with Gasteiger partial charge in [-0.15, -0.1) is 0 Å². The van der Waals surface area contributed by atoms with Crippen LogP contribution in [0.15, 0.2) is 24.3 Å². The summed E-state index contributed by atoms with van der Waals surface area (Å²) in [5.41, 5.74) is 0.0718. The predicted molar refractivity (Wildman–Crippen MR) is 66.1 cm³/mol. The fraction of sp³-hybridized carbons (Fsp3) is 0.500. The summed E-state index contributed by atoms with van der Waals surface area (Å²) in [6.07, 6.45) is -0.434. The SMILES string of the molecule is CC12CC(C1)[C@@H](C(O)c1cccc(F)c1)N2C(=O)O. The van der Waals surface area contributed by atoms with Crippen LogP contribution in [-0.4, -0.2) is 32.8 Å². The van der Waals surface area contributed by atoms with Crippen molar-refractivity contribution in [2.75, 3.05) is 0 Å². The minimum Gasteiger partial charge on any atom is -0.465 e. The highest BCUT2D eigenvalue weighted by Crippen LogP contribution is 2.57. The van der Waals surface area contributed by atoms with Crippen molar-refractivity contribution in [2.24, 2.45) is 5.92 Å². The number of carbonyl (C=O) groups is 1. The van der Waals surface area contributed by atoms with E-state index < -0.39 is 24.1 Å². The van der Waals surface area contributed by atoms with E-state index in [0.29, 0.717) is 5.56 Å². The number of rotatable bonds is 2. The first-order valence-electron chi connectivity index (χ1n) is 6.38. The first kappa shape index (κ1) is 12.4. The van der Waals surface area contributed by atoms with Gasteiger partial charge in [0.1, 0.15) is 5.82 Å². The fourth-order valence-electron chi connectivity index (χ4n) is 3.72. The van der Waals surface area contributed by atoms with Gasteiger partial charge in [-0.1, -0.05) is 12.1 Å². The number of halogens is 1. The second kappa shape index (κ2) is 3.93. The van der Waals surface area contributed by atoms with Gasteiger partial charge in [0.25, 0.3) is 0 Å². The molecule has 5 heteroatoms. The molecule has 1 unspecified atom stereocenters. The Labute approximate surface area is 110 Å². The van der Waals surface area contributed by atoms with Gasteiger partial charge in [0.15, 0.2) is 0 Å². The normalized spacial score (nSPS) is 33.9. The third-order valence-electron chi connectivity index (χ3n) is 4.49. The third kappa shape index (κ3) is 1.72. The van der Waals surface area contributed by atoms with Crippen LogP contribution >= 0.6 is 0 Å². The second-order valence-corrected chi connectivity index (χ2v) is 5.81. The van der Waals surface area contributed by atoms with Crippen molar-refractivity contribution >= 4 is 6.09 Å². The van der Waals surface area contributed by atoms with Gasteiger partial charge in [-0.3, -0.25) is 4.90 Å². The molecule has 2 aliphatic heterocycles. The average molecular weight is 265 g/mol. The number of hydrogen-bond donors (Lipinski definition) is 2. The highest BCUT2D eigenvalue weighted by molar-refractivity contribution is 5.68. The number of nitrogens with zero attached hydrogens (tertiary/aromatic N) is 1. The fourth-order valence-corrected chi connectivity index (χ4v) is 3.72. The van der Waals surface area contributed by atoms with Gasteiger partial charge in [0.2, 0.25) is 0 Å². The van der Waals surface area contributed by atoms with Crippen LogP contribution in [0.4, 0.5) is 9.18 Å². The topological polar surface area (TPSA) is 60.8 Å². The monoisotopic (exact) mass is 265 g/mol. The summed E-state index contributed by atoms with van der Waals surface area (Å²) in [4.78, 5) is 12.8. The average Bonchev–Trinajstić information content (AvgIpc) is 2.76. The lowest BCUT2D eigenvalue weighted by Gasteiger charge is -2.37. The molecular formula is C14H16FNO3. The van der Waals surface area contributed by atoms with Crippen molar-refractivity contribution in [3.05, 3.63) is 35.6 Å². The Bertz CT molecular complexity index is 527. The number of carboxylic acid groups (broad SMARTS) is 1. The lowest BCUT2D eigenvalue weighted by molar-refractivity contribution is 0.0514. The zero-order chi connectivity index (χ0) is 13.8. The van der Waals surface area contributed by atoms with Gasteiger partial charge < -0.3 is 10.2 Å². The van der Waals surface area contributed by atoms with E-state index in [9.17, 15) is 19.4 Å². The van der Waals surface area contributed by atoms with Crippen molar-refractivity contribution < 1.29 is 19.4 Å².